The van der Waals surface area contributed by atoms with Crippen LogP contribution in [0, 0.1) is 0 Å². The van der Waals surface area contributed by atoms with Crippen molar-refractivity contribution in [1.82, 2.24) is 0 Å². The molecular weight excluding hydrogens is 292 g/mol. The van der Waals surface area contributed by atoms with E-state index in [0.29, 0.717) is 0 Å². The van der Waals surface area contributed by atoms with Gasteiger partial charge in [0.25, 0.3) is 0 Å². The summed E-state index contributed by atoms with van der Waals surface area (Å²) in [6, 6.07) is 5.05. The molecule has 7 heteroatoms. The second-order valence-electron chi connectivity index (χ2n) is 4.51. The molecule has 1 aromatic rings. The summed E-state index contributed by atoms with van der Waals surface area (Å²) in [4.78, 5) is 34.2. The first-order valence-corrected chi connectivity index (χ1v) is 6.36. The highest BCUT2D eigenvalue weighted by Gasteiger charge is 2.35. The summed E-state index contributed by atoms with van der Waals surface area (Å²) < 4.78 is 9.44. The van der Waals surface area contributed by atoms with Crippen LogP contribution in [-0.2, 0) is 14.3 Å². The molecule has 0 amide bonds. The molecule has 1 unspecified atom stereocenters. The number of ether oxygens (including phenoxy) is 2. The summed E-state index contributed by atoms with van der Waals surface area (Å²) >= 11 is 0. The number of carboxylic acid groups (broad SMARTS) is 1. The molecular formula is C15H16O7. The van der Waals surface area contributed by atoms with Crippen LogP contribution >= 0.6 is 0 Å². The molecule has 0 spiro atoms. The minimum atomic E-state index is -2.45. The van der Waals surface area contributed by atoms with Gasteiger partial charge in [0.15, 0.2) is 0 Å². The molecule has 1 atom stereocenters. The van der Waals surface area contributed by atoms with Crippen LogP contribution in [0.3, 0.4) is 0 Å². The van der Waals surface area contributed by atoms with Gasteiger partial charge in [0.1, 0.15) is 0 Å². The van der Waals surface area contributed by atoms with Gasteiger partial charge in [-0.05, 0) is 25.1 Å². The van der Waals surface area contributed by atoms with E-state index >= 15 is 0 Å². The van der Waals surface area contributed by atoms with Gasteiger partial charge in [-0.3, -0.25) is 0 Å². The fourth-order valence-electron chi connectivity index (χ4n) is 1.38. The van der Waals surface area contributed by atoms with Gasteiger partial charge in [-0.2, -0.15) is 0 Å². The number of carbonyl (C=O) groups excluding carboxylic acids is 2. The fraction of sp³-hybridized carbons (Fsp3) is 0.267. The van der Waals surface area contributed by atoms with Crippen LogP contribution in [0.25, 0.3) is 0 Å². The zero-order valence-electron chi connectivity index (χ0n) is 12.2. The maximum Gasteiger partial charge on any atom is 0.373 e. The van der Waals surface area contributed by atoms with Crippen LogP contribution in [0.1, 0.15) is 41.0 Å². The standard InChI is InChI=1S/C15H16O7/c1-4-15(20,21-13(18)9(2)3)22-14(19)11-7-5-6-10(8-11)12(16)17/h5-8,20H,2,4H2,1,3H3,(H,16,17). The number of carbonyl (C=O) groups is 3. The van der Waals surface area contributed by atoms with Gasteiger partial charge in [-0.15, -0.1) is 0 Å². The molecule has 1 aromatic carbocycles. The van der Waals surface area contributed by atoms with Crippen molar-refractivity contribution in [3.63, 3.8) is 0 Å². The van der Waals surface area contributed by atoms with Crippen molar-refractivity contribution >= 4 is 17.9 Å². The third kappa shape index (κ3) is 4.42. The van der Waals surface area contributed by atoms with E-state index in [0.717, 1.165) is 6.07 Å². The fourth-order valence-corrected chi connectivity index (χ4v) is 1.38. The second-order valence-corrected chi connectivity index (χ2v) is 4.51. The Balaban J connectivity index is 2.93. The molecule has 0 radical (unpaired) electrons. The number of hydrogen-bond acceptors (Lipinski definition) is 6. The third-order valence-corrected chi connectivity index (χ3v) is 2.64. The average molecular weight is 308 g/mol. The number of hydrogen-bond donors (Lipinski definition) is 2. The molecule has 22 heavy (non-hydrogen) atoms. The summed E-state index contributed by atoms with van der Waals surface area (Å²) in [5.41, 5.74) is -0.192. The summed E-state index contributed by atoms with van der Waals surface area (Å²) in [6.45, 7) is 6.16. The Kier molecular flexibility index (Phi) is 5.42. The minimum absolute atomic E-state index is 0.0239. The Morgan fingerprint density at radius 1 is 1.23 bits per heavy atom. The summed E-state index contributed by atoms with van der Waals surface area (Å²) in [5, 5.41) is 18.9. The van der Waals surface area contributed by atoms with Crippen molar-refractivity contribution < 1.29 is 34.1 Å². The Labute approximate surface area is 126 Å². The van der Waals surface area contributed by atoms with Crippen molar-refractivity contribution in [2.45, 2.75) is 26.2 Å². The molecule has 7 nitrogen and oxygen atoms in total. The van der Waals surface area contributed by atoms with Gasteiger partial charge in [-0.25, -0.2) is 14.4 Å². The van der Waals surface area contributed by atoms with E-state index in [9.17, 15) is 19.5 Å². The summed E-state index contributed by atoms with van der Waals surface area (Å²) in [5.74, 6) is -5.61. The van der Waals surface area contributed by atoms with E-state index in [1.807, 2.05) is 0 Å². The molecule has 0 aliphatic rings. The van der Waals surface area contributed by atoms with E-state index < -0.39 is 23.9 Å². The highest BCUT2D eigenvalue weighted by Crippen LogP contribution is 2.19. The molecule has 118 valence electrons. The molecule has 0 saturated carbocycles. The van der Waals surface area contributed by atoms with Crippen molar-refractivity contribution in [2.75, 3.05) is 0 Å². The Bertz CT molecular complexity index is 620. The zero-order valence-corrected chi connectivity index (χ0v) is 12.2. The van der Waals surface area contributed by atoms with Gasteiger partial charge in [0.05, 0.1) is 17.5 Å². The van der Waals surface area contributed by atoms with Gasteiger partial charge in [0.2, 0.25) is 0 Å². The summed E-state index contributed by atoms with van der Waals surface area (Å²) in [6.07, 6.45) is -0.212. The molecule has 0 saturated heterocycles. The number of benzene rings is 1. The van der Waals surface area contributed by atoms with Crippen LogP contribution in [0.2, 0.25) is 0 Å². The van der Waals surface area contributed by atoms with Crippen molar-refractivity contribution in [2.24, 2.45) is 0 Å². The molecule has 0 bridgehead atoms. The Morgan fingerprint density at radius 3 is 2.32 bits per heavy atom. The lowest BCUT2D eigenvalue weighted by Crippen LogP contribution is -2.39. The number of aliphatic hydroxyl groups is 1. The van der Waals surface area contributed by atoms with E-state index in [1.54, 1.807) is 0 Å². The van der Waals surface area contributed by atoms with Gasteiger partial charge in [0, 0.05) is 5.57 Å². The quantitative estimate of drug-likeness (QED) is 0.467. The summed E-state index contributed by atoms with van der Waals surface area (Å²) in [7, 11) is 0. The largest absolute Gasteiger partial charge is 0.478 e. The normalized spacial score (nSPS) is 12.9. The van der Waals surface area contributed by atoms with E-state index in [4.69, 9.17) is 9.84 Å². The molecule has 0 aromatic heterocycles. The zero-order chi connectivity index (χ0) is 16.9. The van der Waals surface area contributed by atoms with Crippen LogP contribution < -0.4 is 0 Å². The van der Waals surface area contributed by atoms with Gasteiger partial charge in [-0.1, -0.05) is 19.6 Å². The number of esters is 2. The molecule has 0 aliphatic heterocycles. The Hall–Kier alpha value is -2.67. The van der Waals surface area contributed by atoms with Crippen molar-refractivity contribution in [3.8, 4) is 0 Å². The predicted octanol–water partition coefficient (Wildman–Crippen LogP) is 1.72. The SMILES string of the molecule is C=C(C)C(=O)OC(O)(CC)OC(=O)c1cccc(C(=O)O)c1. The smallest absolute Gasteiger partial charge is 0.373 e. The first kappa shape index (κ1) is 17.4. The third-order valence-electron chi connectivity index (χ3n) is 2.64. The lowest BCUT2D eigenvalue weighted by Gasteiger charge is -2.25. The van der Waals surface area contributed by atoms with Crippen LogP contribution in [-0.4, -0.2) is 34.1 Å². The maximum absolute atomic E-state index is 12.0. The van der Waals surface area contributed by atoms with Gasteiger partial charge < -0.3 is 19.7 Å². The molecule has 1 rings (SSSR count). The minimum Gasteiger partial charge on any atom is -0.478 e. The van der Waals surface area contributed by atoms with Crippen LogP contribution in [0.4, 0.5) is 0 Å². The van der Waals surface area contributed by atoms with E-state index in [-0.39, 0.29) is 23.1 Å². The lowest BCUT2D eigenvalue weighted by atomic mass is 10.1. The molecule has 2 N–H and O–H groups in total. The topological polar surface area (TPSA) is 110 Å². The Morgan fingerprint density at radius 2 is 1.82 bits per heavy atom. The molecule has 0 heterocycles. The first-order chi connectivity index (χ1) is 10.2. The number of rotatable bonds is 6. The van der Waals surface area contributed by atoms with E-state index in [1.165, 1.54) is 32.0 Å². The predicted molar refractivity (Wildman–Crippen MR) is 75.0 cm³/mol. The first-order valence-electron chi connectivity index (χ1n) is 6.36. The molecule has 0 fully saturated rings. The van der Waals surface area contributed by atoms with E-state index in [2.05, 4.69) is 11.3 Å². The highest BCUT2D eigenvalue weighted by atomic mass is 16.8. The average Bonchev–Trinajstić information content (AvgIpc) is 2.47. The maximum atomic E-state index is 12.0. The second kappa shape index (κ2) is 6.86. The van der Waals surface area contributed by atoms with Crippen LogP contribution in [0.15, 0.2) is 36.4 Å². The van der Waals surface area contributed by atoms with Crippen molar-refractivity contribution in [3.05, 3.63) is 47.5 Å². The van der Waals surface area contributed by atoms with Crippen LogP contribution in [0.5, 0.6) is 0 Å². The molecule has 0 aliphatic carbocycles. The lowest BCUT2D eigenvalue weighted by molar-refractivity contribution is -0.314. The number of aromatic carboxylic acids is 1. The highest BCUT2D eigenvalue weighted by molar-refractivity contribution is 5.94. The van der Waals surface area contributed by atoms with Gasteiger partial charge >= 0.3 is 23.9 Å². The monoisotopic (exact) mass is 308 g/mol. The van der Waals surface area contributed by atoms with Crippen molar-refractivity contribution in [1.29, 1.82) is 0 Å². The number of carboxylic acids is 1.